The zero-order valence-electron chi connectivity index (χ0n) is 29.0. The van der Waals surface area contributed by atoms with E-state index in [0.717, 1.165) is 94.8 Å². The van der Waals surface area contributed by atoms with E-state index in [9.17, 15) is 4.79 Å². The molecule has 5 heterocycles. The lowest BCUT2D eigenvalue weighted by atomic mass is 9.95. The van der Waals surface area contributed by atoms with Crippen LogP contribution >= 0.6 is 11.3 Å². The van der Waals surface area contributed by atoms with Crippen molar-refractivity contribution in [3.63, 3.8) is 0 Å². The first kappa shape index (κ1) is 33.9. The normalized spacial score (nSPS) is 17.9. The van der Waals surface area contributed by atoms with Crippen molar-refractivity contribution in [2.45, 2.75) is 117 Å². The fourth-order valence-corrected chi connectivity index (χ4v) is 7.95. The van der Waals surface area contributed by atoms with Crippen LogP contribution in [0.15, 0.2) is 6.07 Å². The molecule has 0 saturated carbocycles. The second-order valence-corrected chi connectivity index (χ2v) is 16.2. The number of aromatic nitrogens is 3. The van der Waals surface area contributed by atoms with E-state index in [-0.39, 0.29) is 11.6 Å². The van der Waals surface area contributed by atoms with Gasteiger partial charge in [0.05, 0.1) is 22.3 Å². The van der Waals surface area contributed by atoms with Crippen LogP contribution in [0.1, 0.15) is 104 Å². The van der Waals surface area contributed by atoms with Gasteiger partial charge >= 0.3 is 6.09 Å². The molecule has 2 aliphatic rings. The summed E-state index contributed by atoms with van der Waals surface area (Å²) in [5.41, 5.74) is 2.70. The number of hydrogen-bond acceptors (Lipinski definition) is 8. The van der Waals surface area contributed by atoms with Gasteiger partial charge in [-0.1, -0.05) is 13.3 Å². The number of imidazole rings is 1. The first-order valence-electron chi connectivity index (χ1n) is 17.1. The molecule has 1 N–H and O–H groups in total. The molecule has 0 atom stereocenters. The fraction of sp³-hybridized carbons (Fsp3) is 0.743. The van der Waals surface area contributed by atoms with Crippen molar-refractivity contribution in [1.29, 1.82) is 0 Å². The van der Waals surface area contributed by atoms with Crippen molar-refractivity contribution in [2.24, 2.45) is 5.92 Å². The van der Waals surface area contributed by atoms with Crippen LogP contribution in [0.5, 0.6) is 0 Å². The van der Waals surface area contributed by atoms with Crippen molar-refractivity contribution in [3.8, 4) is 0 Å². The van der Waals surface area contributed by atoms with E-state index in [2.05, 4.69) is 48.5 Å². The Morgan fingerprint density at radius 1 is 1.04 bits per heavy atom. The number of piperidine rings is 2. The Morgan fingerprint density at radius 3 is 2.38 bits per heavy atom. The predicted molar refractivity (Wildman–Crippen MR) is 186 cm³/mol. The third-order valence-electron chi connectivity index (χ3n) is 9.01. The van der Waals surface area contributed by atoms with Gasteiger partial charge in [0.15, 0.2) is 5.82 Å². The maximum absolute atomic E-state index is 12.7. The highest BCUT2D eigenvalue weighted by atomic mass is 32.1. The number of carbonyl (C=O) groups excluding carboxylic acids is 1. The molecule has 10 heteroatoms. The van der Waals surface area contributed by atoms with Crippen molar-refractivity contribution in [2.75, 3.05) is 51.8 Å². The highest BCUT2D eigenvalue weighted by Gasteiger charge is 2.30. The van der Waals surface area contributed by atoms with E-state index in [1.54, 1.807) is 7.11 Å². The number of rotatable bonds is 10. The number of pyridine rings is 1. The van der Waals surface area contributed by atoms with Crippen LogP contribution in [0, 0.1) is 5.92 Å². The largest absolute Gasteiger partial charge is 0.444 e. The minimum absolute atomic E-state index is 0.136. The standard InChI is InChI=1S/C35H56N6O3S/c1-9-10-11-28-37-29-30(41(28)23-24-12-16-39(17-13-24)20-21-43-8)31-26(36-32(29)38-34(2,3)4)22-27(45-31)25-14-18-40(19-15-25)33(42)44-35(5,6)7/h22,24-25H,9-21,23H2,1-8H3,(H,36,38). The van der Waals surface area contributed by atoms with E-state index >= 15 is 0 Å². The summed E-state index contributed by atoms with van der Waals surface area (Å²) in [7, 11) is 1.79. The Kier molecular flexibility index (Phi) is 10.7. The summed E-state index contributed by atoms with van der Waals surface area (Å²) in [5, 5.41) is 3.71. The summed E-state index contributed by atoms with van der Waals surface area (Å²) in [6.07, 6.45) is 7.32. The molecule has 2 fully saturated rings. The van der Waals surface area contributed by atoms with Gasteiger partial charge < -0.3 is 29.2 Å². The van der Waals surface area contributed by atoms with Gasteiger partial charge in [-0.15, -0.1) is 11.3 Å². The first-order valence-corrected chi connectivity index (χ1v) is 18.0. The maximum atomic E-state index is 12.7. The Morgan fingerprint density at radius 2 is 1.76 bits per heavy atom. The van der Waals surface area contributed by atoms with Crippen molar-refractivity contribution >= 4 is 44.5 Å². The predicted octanol–water partition coefficient (Wildman–Crippen LogP) is 7.67. The topological polar surface area (TPSA) is 84.8 Å². The summed E-state index contributed by atoms with van der Waals surface area (Å²) in [5.74, 6) is 3.12. The number of methoxy groups -OCH3 is 1. The molecular weight excluding hydrogens is 584 g/mol. The molecule has 45 heavy (non-hydrogen) atoms. The highest BCUT2D eigenvalue weighted by Crippen LogP contribution is 2.42. The number of unbranched alkanes of at least 4 members (excludes halogenated alkanes) is 1. The number of anilines is 1. The lowest BCUT2D eigenvalue weighted by Gasteiger charge is -2.33. The molecule has 2 saturated heterocycles. The Bertz CT molecular complexity index is 1440. The number of nitrogens with one attached hydrogen (secondary N) is 1. The molecular formula is C35H56N6O3S. The minimum Gasteiger partial charge on any atom is -0.444 e. The van der Waals surface area contributed by atoms with Gasteiger partial charge in [0.25, 0.3) is 0 Å². The minimum atomic E-state index is -0.477. The third kappa shape index (κ3) is 8.49. The van der Waals surface area contributed by atoms with Gasteiger partial charge in [0, 0.05) is 50.1 Å². The van der Waals surface area contributed by atoms with Crippen LogP contribution in [-0.4, -0.2) is 88.0 Å². The third-order valence-corrected chi connectivity index (χ3v) is 10.3. The van der Waals surface area contributed by atoms with Crippen molar-refractivity contribution < 1.29 is 14.3 Å². The number of fused-ring (bicyclic) bond motifs is 3. The van der Waals surface area contributed by atoms with Crippen LogP contribution < -0.4 is 5.32 Å². The Hall–Kier alpha value is -2.43. The first-order chi connectivity index (χ1) is 21.3. The van der Waals surface area contributed by atoms with E-state index in [4.69, 9.17) is 19.4 Å². The fourth-order valence-electron chi connectivity index (χ4n) is 6.63. The summed E-state index contributed by atoms with van der Waals surface area (Å²) >= 11 is 1.89. The second-order valence-electron chi connectivity index (χ2n) is 15.2. The molecule has 0 radical (unpaired) electrons. The average Bonchev–Trinajstić information content (AvgIpc) is 3.56. The van der Waals surface area contributed by atoms with Gasteiger partial charge in [0.1, 0.15) is 16.9 Å². The number of hydrogen-bond donors (Lipinski definition) is 1. The highest BCUT2D eigenvalue weighted by molar-refractivity contribution is 7.20. The van der Waals surface area contributed by atoms with E-state index in [1.807, 2.05) is 37.0 Å². The summed E-state index contributed by atoms with van der Waals surface area (Å²) in [6.45, 7) is 21.1. The lowest BCUT2D eigenvalue weighted by Crippen LogP contribution is -2.41. The summed E-state index contributed by atoms with van der Waals surface area (Å²) in [6, 6.07) is 2.32. The van der Waals surface area contributed by atoms with Gasteiger partial charge in [-0.05, 0) is 105 Å². The van der Waals surface area contributed by atoms with Crippen LogP contribution in [0.2, 0.25) is 0 Å². The van der Waals surface area contributed by atoms with E-state index in [1.165, 1.54) is 33.8 Å². The number of aryl methyl sites for hydroxylation is 1. The lowest BCUT2D eigenvalue weighted by molar-refractivity contribution is 0.0205. The summed E-state index contributed by atoms with van der Waals surface area (Å²) in [4.78, 5) is 29.1. The number of nitrogens with zero attached hydrogens (tertiary/aromatic N) is 5. The van der Waals surface area contributed by atoms with Gasteiger partial charge in [-0.25, -0.2) is 14.8 Å². The monoisotopic (exact) mass is 640 g/mol. The second kappa shape index (κ2) is 14.1. The van der Waals surface area contributed by atoms with Gasteiger partial charge in [0.2, 0.25) is 0 Å². The molecule has 0 spiro atoms. The number of amides is 1. The van der Waals surface area contributed by atoms with Crippen LogP contribution in [0.25, 0.3) is 21.3 Å². The smallest absolute Gasteiger partial charge is 0.410 e. The molecule has 0 unspecified atom stereocenters. The zero-order chi connectivity index (χ0) is 32.4. The average molecular weight is 641 g/mol. The van der Waals surface area contributed by atoms with E-state index in [0.29, 0.717) is 11.8 Å². The maximum Gasteiger partial charge on any atom is 0.410 e. The molecule has 0 aliphatic carbocycles. The molecule has 0 bridgehead atoms. The molecule has 1 amide bonds. The van der Waals surface area contributed by atoms with Crippen LogP contribution in [-0.2, 0) is 22.4 Å². The Labute approximate surface area is 274 Å². The molecule has 3 aromatic heterocycles. The van der Waals surface area contributed by atoms with Crippen molar-refractivity contribution in [3.05, 3.63) is 16.8 Å². The summed E-state index contributed by atoms with van der Waals surface area (Å²) < 4.78 is 14.8. The zero-order valence-corrected chi connectivity index (χ0v) is 29.8. The van der Waals surface area contributed by atoms with Gasteiger partial charge in [-0.3, -0.25) is 0 Å². The van der Waals surface area contributed by atoms with Crippen LogP contribution in [0.3, 0.4) is 0 Å². The molecule has 2 aliphatic heterocycles. The molecule has 250 valence electrons. The SMILES string of the molecule is CCCCc1nc2c(NC(C)(C)C)nc3cc(C4CCN(C(=O)OC(C)(C)C)CC4)sc3c2n1CC1CCN(CCOC)CC1. The molecule has 9 nitrogen and oxygen atoms in total. The number of likely N-dealkylation sites (tertiary alicyclic amines) is 2. The van der Waals surface area contributed by atoms with Gasteiger partial charge in [-0.2, -0.15) is 0 Å². The molecule has 3 aromatic rings. The quantitative estimate of drug-likeness (QED) is 0.243. The van der Waals surface area contributed by atoms with Crippen LogP contribution in [0.4, 0.5) is 10.6 Å². The van der Waals surface area contributed by atoms with E-state index < -0.39 is 5.60 Å². The molecule has 0 aromatic carbocycles. The van der Waals surface area contributed by atoms with Crippen molar-refractivity contribution in [1.82, 2.24) is 24.3 Å². The molecule has 5 rings (SSSR count). The number of carbonyl (C=O) groups is 1. The number of thiophene rings is 1. The Balaban J connectivity index is 1.48. The number of ether oxygens (including phenoxy) is 2.